The number of nitrogens with zero attached hydrogens (tertiary/aromatic N) is 1. The van der Waals surface area contributed by atoms with Crippen LogP contribution in [0.4, 0.5) is 0 Å². The van der Waals surface area contributed by atoms with Crippen LogP contribution in [0.15, 0.2) is 30.5 Å². The summed E-state index contributed by atoms with van der Waals surface area (Å²) in [4.78, 5) is 4.19. The third-order valence-corrected chi connectivity index (χ3v) is 3.68. The average Bonchev–Trinajstić information content (AvgIpc) is 2.40. The van der Waals surface area contributed by atoms with E-state index in [-0.39, 0.29) is 0 Å². The molecule has 1 heterocycles. The molecule has 0 aliphatic carbocycles. The van der Waals surface area contributed by atoms with Crippen LogP contribution in [0.3, 0.4) is 0 Å². The molecule has 0 atom stereocenters. The summed E-state index contributed by atoms with van der Waals surface area (Å²) >= 11 is 11.9. The second-order valence-corrected chi connectivity index (χ2v) is 5.71. The number of aromatic nitrogens is 1. The van der Waals surface area contributed by atoms with Gasteiger partial charge in [-0.3, -0.25) is 0 Å². The van der Waals surface area contributed by atoms with Crippen LogP contribution in [0.25, 0.3) is 0 Å². The van der Waals surface area contributed by atoms with Gasteiger partial charge in [0.15, 0.2) is 0 Å². The Bertz CT molecular complexity index is 611. The maximum absolute atomic E-state index is 6.13. The zero-order valence-electron chi connectivity index (χ0n) is 11.8. The molecule has 0 bridgehead atoms. The van der Waals surface area contributed by atoms with Crippen LogP contribution >= 0.6 is 23.2 Å². The first-order valence-corrected chi connectivity index (χ1v) is 7.41. The van der Waals surface area contributed by atoms with Crippen molar-refractivity contribution in [1.82, 2.24) is 4.98 Å². The van der Waals surface area contributed by atoms with Crippen molar-refractivity contribution in [3.05, 3.63) is 52.2 Å². The summed E-state index contributed by atoms with van der Waals surface area (Å²) in [5, 5.41) is 0.466. The second kappa shape index (κ2) is 6.47. The Hall–Kier alpha value is -1.25. The van der Waals surface area contributed by atoms with Gasteiger partial charge in [0, 0.05) is 12.1 Å². The summed E-state index contributed by atoms with van der Waals surface area (Å²) < 4.78 is 5.74. The molecular formula is C16H17Cl2NO. The summed E-state index contributed by atoms with van der Waals surface area (Å²) in [6.07, 6.45) is 1.67. The van der Waals surface area contributed by atoms with Gasteiger partial charge in [0.2, 0.25) is 5.88 Å². The average molecular weight is 310 g/mol. The van der Waals surface area contributed by atoms with Crippen LogP contribution in [-0.2, 0) is 5.88 Å². The number of ether oxygens (including phenoxy) is 1. The molecule has 0 saturated heterocycles. The van der Waals surface area contributed by atoms with Crippen molar-refractivity contribution >= 4 is 23.2 Å². The number of benzene rings is 1. The quantitative estimate of drug-likeness (QED) is 0.676. The van der Waals surface area contributed by atoms with E-state index in [2.05, 4.69) is 31.8 Å². The lowest BCUT2D eigenvalue weighted by Crippen LogP contribution is -1.95. The van der Waals surface area contributed by atoms with E-state index < -0.39 is 0 Å². The van der Waals surface area contributed by atoms with Gasteiger partial charge in [-0.2, -0.15) is 0 Å². The van der Waals surface area contributed by atoms with Crippen molar-refractivity contribution in [2.24, 2.45) is 0 Å². The van der Waals surface area contributed by atoms with Crippen molar-refractivity contribution in [3.8, 4) is 11.6 Å². The molecule has 0 amide bonds. The predicted molar refractivity (Wildman–Crippen MR) is 84.1 cm³/mol. The molecule has 1 aromatic heterocycles. The zero-order valence-corrected chi connectivity index (χ0v) is 13.3. The minimum Gasteiger partial charge on any atom is -0.438 e. The first-order chi connectivity index (χ1) is 9.51. The fraction of sp³-hybridized carbons (Fsp3) is 0.312. The highest BCUT2D eigenvalue weighted by Crippen LogP contribution is 2.30. The third kappa shape index (κ3) is 3.44. The molecule has 2 aromatic rings. The largest absolute Gasteiger partial charge is 0.438 e. The molecule has 2 nitrogen and oxygen atoms in total. The third-order valence-electron chi connectivity index (χ3n) is 3.10. The van der Waals surface area contributed by atoms with Gasteiger partial charge in [-0.15, -0.1) is 11.6 Å². The Balaban J connectivity index is 2.24. The van der Waals surface area contributed by atoms with Crippen LogP contribution in [0.2, 0.25) is 5.02 Å². The lowest BCUT2D eigenvalue weighted by molar-refractivity contribution is 0.462. The number of hydrogen-bond donors (Lipinski definition) is 0. The van der Waals surface area contributed by atoms with Crippen molar-refractivity contribution in [1.29, 1.82) is 0 Å². The Morgan fingerprint density at radius 2 is 2.00 bits per heavy atom. The Morgan fingerprint density at radius 1 is 1.25 bits per heavy atom. The summed E-state index contributed by atoms with van der Waals surface area (Å²) in [6.45, 7) is 6.42. The molecule has 0 aliphatic heterocycles. The second-order valence-electron chi connectivity index (χ2n) is 5.04. The van der Waals surface area contributed by atoms with E-state index in [0.717, 1.165) is 11.3 Å². The first-order valence-electron chi connectivity index (χ1n) is 6.50. The van der Waals surface area contributed by atoms with E-state index in [4.69, 9.17) is 27.9 Å². The highest BCUT2D eigenvalue weighted by Gasteiger charge is 2.09. The first kappa shape index (κ1) is 15.1. The molecule has 0 N–H and O–H groups in total. The minimum absolute atomic E-state index is 0.384. The highest BCUT2D eigenvalue weighted by atomic mass is 35.5. The SMILES string of the molecule is Cc1cc(Oc2ncc(CCl)cc2Cl)ccc1C(C)C. The molecule has 0 saturated carbocycles. The molecule has 0 spiro atoms. The van der Waals surface area contributed by atoms with E-state index in [1.165, 1.54) is 11.1 Å². The number of hydrogen-bond acceptors (Lipinski definition) is 2. The van der Waals surface area contributed by atoms with E-state index in [1.807, 2.05) is 12.1 Å². The fourth-order valence-corrected chi connectivity index (χ4v) is 2.46. The van der Waals surface area contributed by atoms with Crippen LogP contribution in [0, 0.1) is 6.92 Å². The minimum atomic E-state index is 0.384. The molecule has 0 aliphatic rings. The standard InChI is InChI=1S/C16H17Cl2NO/c1-10(2)14-5-4-13(6-11(14)3)20-16-15(18)7-12(8-17)9-19-16/h4-7,9-10H,8H2,1-3H3. The topological polar surface area (TPSA) is 22.1 Å². The van der Waals surface area contributed by atoms with E-state index in [1.54, 1.807) is 12.3 Å². The monoisotopic (exact) mass is 309 g/mol. The van der Waals surface area contributed by atoms with Gasteiger partial charge in [-0.05, 0) is 47.7 Å². The summed E-state index contributed by atoms with van der Waals surface area (Å²) in [5.41, 5.74) is 3.38. The summed E-state index contributed by atoms with van der Waals surface area (Å²) in [5.74, 6) is 2.01. The number of rotatable bonds is 4. The normalized spacial score (nSPS) is 10.9. The smallest absolute Gasteiger partial charge is 0.238 e. The van der Waals surface area contributed by atoms with Crippen molar-refractivity contribution < 1.29 is 4.74 Å². The molecule has 20 heavy (non-hydrogen) atoms. The van der Waals surface area contributed by atoms with Gasteiger partial charge < -0.3 is 4.74 Å². The Kier molecular flexibility index (Phi) is 4.90. The van der Waals surface area contributed by atoms with Gasteiger partial charge in [-0.25, -0.2) is 4.98 Å². The maximum Gasteiger partial charge on any atom is 0.238 e. The molecule has 2 rings (SSSR count). The molecule has 1 aromatic carbocycles. The lowest BCUT2D eigenvalue weighted by Gasteiger charge is -2.12. The summed E-state index contributed by atoms with van der Waals surface area (Å²) in [6, 6.07) is 7.79. The van der Waals surface area contributed by atoms with E-state index in [9.17, 15) is 0 Å². The highest BCUT2D eigenvalue weighted by molar-refractivity contribution is 6.32. The molecular weight excluding hydrogens is 293 g/mol. The number of halogens is 2. The van der Waals surface area contributed by atoms with Gasteiger partial charge in [0.25, 0.3) is 0 Å². The molecule has 0 radical (unpaired) electrons. The lowest BCUT2D eigenvalue weighted by atomic mass is 9.98. The Morgan fingerprint density at radius 3 is 2.55 bits per heavy atom. The number of pyridine rings is 1. The number of alkyl halides is 1. The van der Waals surface area contributed by atoms with Gasteiger partial charge in [0.05, 0.1) is 0 Å². The van der Waals surface area contributed by atoms with Crippen molar-refractivity contribution in [2.45, 2.75) is 32.6 Å². The maximum atomic E-state index is 6.13. The Labute approximate surface area is 129 Å². The van der Waals surface area contributed by atoms with Crippen LogP contribution in [-0.4, -0.2) is 4.98 Å². The van der Waals surface area contributed by atoms with Crippen LogP contribution in [0.1, 0.15) is 36.5 Å². The summed E-state index contributed by atoms with van der Waals surface area (Å²) in [7, 11) is 0. The van der Waals surface area contributed by atoms with E-state index >= 15 is 0 Å². The molecule has 4 heteroatoms. The molecule has 0 unspecified atom stereocenters. The fourth-order valence-electron chi connectivity index (χ4n) is 2.08. The predicted octanol–water partition coefficient (Wildman–Crippen LogP) is 5.70. The zero-order chi connectivity index (χ0) is 14.7. The van der Waals surface area contributed by atoms with Crippen molar-refractivity contribution in [3.63, 3.8) is 0 Å². The van der Waals surface area contributed by atoms with Gasteiger partial charge >= 0.3 is 0 Å². The molecule has 0 fully saturated rings. The van der Waals surface area contributed by atoms with Gasteiger partial charge in [0.1, 0.15) is 10.8 Å². The number of aryl methyl sites for hydroxylation is 1. The van der Waals surface area contributed by atoms with E-state index in [0.29, 0.717) is 22.7 Å². The van der Waals surface area contributed by atoms with Crippen molar-refractivity contribution in [2.75, 3.05) is 0 Å². The van der Waals surface area contributed by atoms with Crippen LogP contribution in [0.5, 0.6) is 11.6 Å². The van der Waals surface area contributed by atoms with Gasteiger partial charge in [-0.1, -0.05) is 31.5 Å². The van der Waals surface area contributed by atoms with Crippen LogP contribution < -0.4 is 4.74 Å². The molecule has 106 valence electrons.